The lowest BCUT2D eigenvalue weighted by Gasteiger charge is -2.16. The molecule has 3 nitrogen and oxygen atoms in total. The van der Waals surface area contributed by atoms with Crippen molar-refractivity contribution in [2.45, 2.75) is 19.4 Å². The second-order valence-electron chi connectivity index (χ2n) is 4.05. The number of aliphatic hydroxyl groups is 1. The molecule has 0 spiro atoms. The van der Waals surface area contributed by atoms with Gasteiger partial charge in [-0.3, -0.25) is 4.79 Å². The SMILES string of the molecule is CSCC[C@@H](CO)NC(=O)c1cccc(Cl)c1C. The maximum absolute atomic E-state index is 12.1. The first-order valence-electron chi connectivity index (χ1n) is 5.76. The number of benzene rings is 1. The van der Waals surface area contributed by atoms with Crippen LogP contribution in [0.5, 0.6) is 0 Å². The van der Waals surface area contributed by atoms with E-state index in [1.54, 1.807) is 30.0 Å². The van der Waals surface area contributed by atoms with Crippen LogP contribution >= 0.6 is 23.4 Å². The summed E-state index contributed by atoms with van der Waals surface area (Å²) in [5.41, 5.74) is 1.32. The van der Waals surface area contributed by atoms with E-state index in [1.807, 2.05) is 13.2 Å². The highest BCUT2D eigenvalue weighted by atomic mass is 35.5. The van der Waals surface area contributed by atoms with Gasteiger partial charge in [-0.25, -0.2) is 0 Å². The minimum Gasteiger partial charge on any atom is -0.394 e. The molecule has 0 aliphatic carbocycles. The third kappa shape index (κ3) is 4.19. The van der Waals surface area contributed by atoms with Crippen LogP contribution in [-0.4, -0.2) is 35.7 Å². The molecule has 1 amide bonds. The van der Waals surface area contributed by atoms with E-state index in [9.17, 15) is 9.90 Å². The Morgan fingerprint density at radius 2 is 2.28 bits per heavy atom. The minimum absolute atomic E-state index is 0.0497. The monoisotopic (exact) mass is 287 g/mol. The summed E-state index contributed by atoms with van der Waals surface area (Å²) in [5.74, 6) is 0.718. The van der Waals surface area contributed by atoms with Crippen LogP contribution in [0, 0.1) is 6.92 Å². The molecule has 1 atom stereocenters. The smallest absolute Gasteiger partial charge is 0.251 e. The number of carbonyl (C=O) groups excluding carboxylic acids is 1. The molecule has 0 aromatic heterocycles. The van der Waals surface area contributed by atoms with Gasteiger partial charge in [0.05, 0.1) is 12.6 Å². The van der Waals surface area contributed by atoms with Gasteiger partial charge < -0.3 is 10.4 Å². The van der Waals surface area contributed by atoms with Crippen molar-refractivity contribution < 1.29 is 9.90 Å². The first-order valence-corrected chi connectivity index (χ1v) is 7.53. The summed E-state index contributed by atoms with van der Waals surface area (Å²) < 4.78 is 0. The standard InChI is InChI=1S/C13H18ClNO2S/c1-9-11(4-3-5-12(9)14)13(17)15-10(8-16)6-7-18-2/h3-5,10,16H,6-8H2,1-2H3,(H,15,17)/t10-/m0/s1. The van der Waals surface area contributed by atoms with E-state index in [0.29, 0.717) is 10.6 Å². The molecule has 100 valence electrons. The van der Waals surface area contributed by atoms with Crippen molar-refractivity contribution in [2.75, 3.05) is 18.6 Å². The summed E-state index contributed by atoms with van der Waals surface area (Å²) in [5, 5.41) is 12.6. The number of thioether (sulfide) groups is 1. The molecule has 1 aromatic rings. The Labute approximate surface area is 117 Å². The summed E-state index contributed by atoms with van der Waals surface area (Å²) in [7, 11) is 0. The molecule has 0 bridgehead atoms. The van der Waals surface area contributed by atoms with E-state index < -0.39 is 0 Å². The van der Waals surface area contributed by atoms with Crippen molar-refractivity contribution in [3.05, 3.63) is 34.3 Å². The van der Waals surface area contributed by atoms with Crippen LogP contribution < -0.4 is 5.32 Å². The summed E-state index contributed by atoms with van der Waals surface area (Å²) in [4.78, 5) is 12.1. The Morgan fingerprint density at radius 1 is 1.56 bits per heavy atom. The molecule has 0 aliphatic rings. The van der Waals surface area contributed by atoms with Gasteiger partial charge in [0, 0.05) is 10.6 Å². The molecule has 0 radical (unpaired) electrons. The van der Waals surface area contributed by atoms with Gasteiger partial charge in [0.2, 0.25) is 0 Å². The average molecular weight is 288 g/mol. The van der Waals surface area contributed by atoms with Gasteiger partial charge >= 0.3 is 0 Å². The molecule has 18 heavy (non-hydrogen) atoms. The highest BCUT2D eigenvalue weighted by Crippen LogP contribution is 2.18. The summed E-state index contributed by atoms with van der Waals surface area (Å²) in [6, 6.07) is 5.04. The summed E-state index contributed by atoms with van der Waals surface area (Å²) in [6.45, 7) is 1.76. The van der Waals surface area contributed by atoms with Gasteiger partial charge in [0.1, 0.15) is 0 Å². The number of halogens is 1. The number of rotatable bonds is 6. The van der Waals surface area contributed by atoms with Gasteiger partial charge in [0.25, 0.3) is 5.91 Å². The molecule has 0 saturated carbocycles. The Morgan fingerprint density at radius 3 is 2.89 bits per heavy atom. The van der Waals surface area contributed by atoms with Gasteiger partial charge in [0.15, 0.2) is 0 Å². The zero-order valence-electron chi connectivity index (χ0n) is 10.6. The Kier molecular flexibility index (Phi) is 6.54. The van der Waals surface area contributed by atoms with Crippen molar-refractivity contribution in [2.24, 2.45) is 0 Å². The lowest BCUT2D eigenvalue weighted by Crippen LogP contribution is -2.38. The fourth-order valence-corrected chi connectivity index (χ4v) is 2.28. The van der Waals surface area contributed by atoms with Gasteiger partial charge in [-0.2, -0.15) is 11.8 Å². The number of aliphatic hydroxyl groups excluding tert-OH is 1. The maximum atomic E-state index is 12.1. The molecule has 0 aliphatic heterocycles. The maximum Gasteiger partial charge on any atom is 0.251 e. The Hall–Kier alpha value is -0.710. The van der Waals surface area contributed by atoms with Gasteiger partial charge in [-0.15, -0.1) is 0 Å². The molecule has 1 rings (SSSR count). The van der Waals surface area contributed by atoms with E-state index >= 15 is 0 Å². The van der Waals surface area contributed by atoms with Crippen molar-refractivity contribution in [3.63, 3.8) is 0 Å². The van der Waals surface area contributed by atoms with Gasteiger partial charge in [-0.1, -0.05) is 17.7 Å². The molecule has 0 unspecified atom stereocenters. The van der Waals surface area contributed by atoms with Crippen LogP contribution in [0.3, 0.4) is 0 Å². The first-order chi connectivity index (χ1) is 8.60. The minimum atomic E-state index is -0.205. The fraction of sp³-hybridized carbons (Fsp3) is 0.462. The van der Waals surface area contributed by atoms with E-state index in [-0.39, 0.29) is 18.6 Å². The third-order valence-electron chi connectivity index (χ3n) is 2.74. The van der Waals surface area contributed by atoms with E-state index in [1.165, 1.54) is 0 Å². The molecule has 0 heterocycles. The molecule has 0 fully saturated rings. The lowest BCUT2D eigenvalue weighted by molar-refractivity contribution is 0.0915. The average Bonchev–Trinajstić information content (AvgIpc) is 2.37. The van der Waals surface area contributed by atoms with Crippen molar-refractivity contribution >= 4 is 29.3 Å². The number of amides is 1. The van der Waals surface area contributed by atoms with Crippen LogP contribution in [0.15, 0.2) is 18.2 Å². The summed E-state index contributed by atoms with van der Waals surface area (Å²) in [6.07, 6.45) is 2.75. The number of nitrogens with one attached hydrogen (secondary N) is 1. The van der Waals surface area contributed by atoms with Crippen LogP contribution in [0.4, 0.5) is 0 Å². The van der Waals surface area contributed by atoms with Crippen LogP contribution in [0.2, 0.25) is 5.02 Å². The quantitative estimate of drug-likeness (QED) is 0.845. The van der Waals surface area contributed by atoms with Crippen molar-refractivity contribution in [3.8, 4) is 0 Å². The predicted octanol–water partition coefficient (Wildman–Crippen LogP) is 2.49. The Bertz CT molecular complexity index is 412. The zero-order chi connectivity index (χ0) is 13.5. The molecular weight excluding hydrogens is 270 g/mol. The first kappa shape index (κ1) is 15.3. The van der Waals surface area contributed by atoms with Crippen LogP contribution in [-0.2, 0) is 0 Å². The second-order valence-corrected chi connectivity index (χ2v) is 5.44. The normalized spacial score (nSPS) is 12.2. The zero-order valence-corrected chi connectivity index (χ0v) is 12.1. The van der Waals surface area contributed by atoms with E-state index in [0.717, 1.165) is 17.7 Å². The number of hydrogen-bond donors (Lipinski definition) is 2. The Balaban J connectivity index is 2.72. The topological polar surface area (TPSA) is 49.3 Å². The fourth-order valence-electron chi connectivity index (χ4n) is 1.59. The van der Waals surface area contributed by atoms with Crippen LogP contribution in [0.25, 0.3) is 0 Å². The second kappa shape index (κ2) is 7.67. The highest BCUT2D eigenvalue weighted by molar-refractivity contribution is 7.98. The molecular formula is C13H18ClNO2S. The van der Waals surface area contributed by atoms with Crippen molar-refractivity contribution in [1.82, 2.24) is 5.32 Å². The molecule has 1 aromatic carbocycles. The molecule has 5 heteroatoms. The van der Waals surface area contributed by atoms with E-state index in [4.69, 9.17) is 11.6 Å². The largest absolute Gasteiger partial charge is 0.394 e. The predicted molar refractivity (Wildman–Crippen MR) is 77.5 cm³/mol. The van der Waals surface area contributed by atoms with E-state index in [2.05, 4.69) is 5.32 Å². The third-order valence-corrected chi connectivity index (χ3v) is 3.79. The summed E-state index contributed by atoms with van der Waals surface area (Å²) >= 11 is 7.67. The molecule has 0 saturated heterocycles. The van der Waals surface area contributed by atoms with Crippen LogP contribution in [0.1, 0.15) is 22.3 Å². The number of carbonyl (C=O) groups is 1. The lowest BCUT2D eigenvalue weighted by atomic mass is 10.1. The number of hydrogen-bond acceptors (Lipinski definition) is 3. The molecule has 2 N–H and O–H groups in total. The van der Waals surface area contributed by atoms with Gasteiger partial charge in [-0.05, 0) is 43.0 Å². The van der Waals surface area contributed by atoms with Crippen molar-refractivity contribution in [1.29, 1.82) is 0 Å². The highest BCUT2D eigenvalue weighted by Gasteiger charge is 2.15.